The van der Waals surface area contributed by atoms with Crippen LogP contribution in [0.3, 0.4) is 0 Å². The lowest BCUT2D eigenvalue weighted by Gasteiger charge is -2.41. The van der Waals surface area contributed by atoms with E-state index >= 15 is 0 Å². The molecule has 0 bridgehead atoms. The van der Waals surface area contributed by atoms with Gasteiger partial charge in [0.1, 0.15) is 49.3 Å². The van der Waals surface area contributed by atoms with Gasteiger partial charge < -0.3 is 61.0 Å². The maximum absolute atomic E-state index is 14.0. The number of hydrogen-bond acceptors (Lipinski definition) is 20. The largest absolute Gasteiger partial charge is 0.743 e. The first-order valence-electron chi connectivity index (χ1n) is 42.1. The normalized spacial score (nSPS) is 23.1. The number of carbonyl (C=O) groups is 1. The molecular weight excluding hydrogens is 1860 g/mol. The molecule has 20 nitrogen and oxygen atoms in total. The van der Waals surface area contributed by atoms with Crippen LogP contribution in [0.4, 0.5) is 43.9 Å². The third kappa shape index (κ3) is 23.0. The molecule has 5 aliphatic rings. The minimum absolute atomic E-state index is 0.00944. The fraction of sp³-hybridized carbons (Fsp3) is 0.427. The second-order valence-corrected chi connectivity index (χ2v) is 46.8. The SMILES string of the molecule is CC(Oc1ccc([S+](c2ccc(C(C)(C)C)cc2)c2ccc(C3(C)OCC(F)(F)CO3)cc2)cc1)C(F)(F)S(=O)(=O)[O-].CC(Oc1ccc([S+](c2ccc(C(C)(C)C)cc2)c2ccc(C3(C)OCC4C(CC5OC(=O)CC54)O3)cc2)cc1)C(F)(F)S(=O)(=O)[O-].CC1OC(C)(c2ccc([S+](c3ccc(OC(C)C(F)(F)S(=O)(=O)[O-])cc3)c3ccc(C(C)(C)C)cc3)cc2)OCC1(F)F. The summed E-state index contributed by atoms with van der Waals surface area (Å²) in [5.74, 6) is -9.78. The van der Waals surface area contributed by atoms with Crippen LogP contribution in [0.1, 0.15) is 157 Å². The van der Waals surface area contributed by atoms with Crippen LogP contribution in [0.15, 0.2) is 262 Å². The average Bonchev–Trinajstić information content (AvgIpc) is 1.62. The van der Waals surface area contributed by atoms with E-state index in [-0.39, 0.29) is 63.5 Å². The van der Waals surface area contributed by atoms with Gasteiger partial charge in [0, 0.05) is 34.9 Å². The second kappa shape index (κ2) is 38.3. The Morgan fingerprint density at radius 3 is 0.902 bits per heavy atom. The molecular formula is C96H104F10O20S6. The molecule has 4 aliphatic heterocycles. The molecule has 9 aromatic carbocycles. The number of hydrogen-bond donors (Lipinski definition) is 0. The van der Waals surface area contributed by atoms with Crippen molar-refractivity contribution in [2.75, 3.05) is 26.4 Å². The summed E-state index contributed by atoms with van der Waals surface area (Å²) in [4.78, 5) is 19.9. The van der Waals surface area contributed by atoms with Crippen molar-refractivity contribution in [3.05, 3.63) is 252 Å². The van der Waals surface area contributed by atoms with Gasteiger partial charge in [-0.2, -0.15) is 26.3 Å². The van der Waals surface area contributed by atoms with Gasteiger partial charge in [0.05, 0.1) is 51.8 Å². The smallest absolute Gasteiger partial charge is 0.369 e. The van der Waals surface area contributed by atoms with Gasteiger partial charge in [-0.15, -0.1) is 0 Å². The number of carbonyl (C=O) groups excluding carboxylic acids is 1. The summed E-state index contributed by atoms with van der Waals surface area (Å²) in [6.45, 7) is 26.1. The highest BCUT2D eigenvalue weighted by atomic mass is 32.2. The first-order valence-corrected chi connectivity index (χ1v) is 50.0. The molecule has 5 fully saturated rings. The molecule has 0 spiro atoms. The van der Waals surface area contributed by atoms with Gasteiger partial charge in [0.2, 0.25) is 0 Å². The standard InChI is InChI=1S/C35H38F2O8S2.C31H34F4O6S2.C30H32F4O6S2/c1-21(35(36,37)47(39,40)41)43-24-10-16-27(17-11-24)46(25-12-6-22(7-13-25)33(2,3)4)26-14-8-23(9-15-26)34(5)42-20-29-28-18-32(38)44-30(28)19-31(29)45-34;1-20-30(32,33)19-39-29(6,41-20)23-9-15-26(16-10-23)42(25-13-7-22(8-14-25)28(3,4)5)27-17-11-24(12-18-27)40-21(2)31(34,35)43(36,37)38;1-20(30(33,34)42(35,36)37)40-23-10-16-26(17-11-23)41(24-12-6-21(7-13-24)27(2,3)4)25-14-8-22(9-15-25)28(5)38-18-29(31,32)19-39-28/h6-17,21,28-31H,18-20H2,1-5H3;7-18,20-21H,19H2,1-6H3;6-17,20H,18-19H2,1-5H3. The molecule has 0 N–H and O–H groups in total. The van der Waals surface area contributed by atoms with Crippen molar-refractivity contribution >= 4 is 69.0 Å². The molecule has 714 valence electrons. The number of benzene rings is 9. The summed E-state index contributed by atoms with van der Waals surface area (Å²) in [5.41, 5.74) is 5.25. The van der Waals surface area contributed by atoms with Crippen LogP contribution in [0.5, 0.6) is 17.2 Å². The highest BCUT2D eigenvalue weighted by Crippen LogP contribution is 2.51. The van der Waals surface area contributed by atoms with E-state index in [1.807, 2.05) is 104 Å². The van der Waals surface area contributed by atoms with E-state index in [1.165, 1.54) is 48.9 Å². The predicted molar refractivity (Wildman–Crippen MR) is 472 cm³/mol. The minimum atomic E-state index is -5.92. The third-order valence-corrected chi connectivity index (χ3v) is 33.2. The van der Waals surface area contributed by atoms with E-state index in [0.717, 1.165) is 81.5 Å². The van der Waals surface area contributed by atoms with Crippen molar-refractivity contribution in [1.82, 2.24) is 0 Å². The zero-order chi connectivity index (χ0) is 97.1. The molecule has 4 heterocycles. The van der Waals surface area contributed by atoms with Crippen molar-refractivity contribution in [2.24, 2.45) is 11.8 Å². The number of halogens is 10. The highest BCUT2D eigenvalue weighted by Gasteiger charge is 2.57. The van der Waals surface area contributed by atoms with Crippen LogP contribution in [0, 0.1) is 11.8 Å². The van der Waals surface area contributed by atoms with Gasteiger partial charge in [-0.05, 0) is 263 Å². The molecule has 0 amide bonds. The van der Waals surface area contributed by atoms with Crippen LogP contribution in [0.2, 0.25) is 0 Å². The Bertz CT molecular complexity index is 5870. The van der Waals surface area contributed by atoms with Crippen molar-refractivity contribution in [3.63, 3.8) is 0 Å². The van der Waals surface area contributed by atoms with Gasteiger partial charge >= 0.3 is 21.7 Å². The predicted octanol–water partition coefficient (Wildman–Crippen LogP) is 20.6. The van der Waals surface area contributed by atoms with E-state index in [2.05, 4.69) is 86.6 Å². The van der Waals surface area contributed by atoms with Gasteiger partial charge in [0.25, 0.3) is 11.8 Å². The van der Waals surface area contributed by atoms with Gasteiger partial charge in [-0.1, -0.05) is 98.7 Å². The number of alkyl halides is 10. The summed E-state index contributed by atoms with van der Waals surface area (Å²) < 4.78 is 294. The van der Waals surface area contributed by atoms with E-state index in [1.54, 1.807) is 74.5 Å². The highest BCUT2D eigenvalue weighted by molar-refractivity contribution is 7.97. The molecule has 36 heteroatoms. The van der Waals surface area contributed by atoms with Crippen LogP contribution >= 0.6 is 0 Å². The molecule has 4 saturated heterocycles. The number of ether oxygens (including phenoxy) is 10. The van der Waals surface area contributed by atoms with Crippen molar-refractivity contribution < 1.29 is 135 Å². The fourth-order valence-electron chi connectivity index (χ4n) is 15.3. The number of rotatable bonds is 24. The third-order valence-electron chi connectivity index (χ3n) is 23.5. The average molecular weight is 1960 g/mol. The lowest BCUT2D eigenvalue weighted by Crippen LogP contribution is -2.51. The van der Waals surface area contributed by atoms with Gasteiger partial charge in [-0.3, -0.25) is 4.79 Å². The van der Waals surface area contributed by atoms with E-state index in [4.69, 9.17) is 47.4 Å². The molecule has 14 rings (SSSR count). The van der Waals surface area contributed by atoms with Gasteiger partial charge in [-0.25, -0.2) is 42.8 Å². The van der Waals surface area contributed by atoms with E-state index in [9.17, 15) is 87.6 Å². The second-order valence-electron chi connectivity index (χ2n) is 36.4. The Balaban J connectivity index is 0.000000179. The summed E-state index contributed by atoms with van der Waals surface area (Å²) in [6, 6.07) is 66.0. The Kier molecular flexibility index (Phi) is 29.8. The van der Waals surface area contributed by atoms with Crippen LogP contribution < -0.4 is 14.2 Å². The van der Waals surface area contributed by atoms with E-state index in [0.29, 0.717) is 30.6 Å². The minimum Gasteiger partial charge on any atom is -0.743 e. The number of fused-ring (bicyclic) bond motifs is 3. The first kappa shape index (κ1) is 103. The topological polar surface area (TPSA) is 281 Å². The molecule has 132 heavy (non-hydrogen) atoms. The van der Waals surface area contributed by atoms with Crippen molar-refractivity contribution in [1.29, 1.82) is 0 Å². The van der Waals surface area contributed by atoms with E-state index < -0.39 is 152 Å². The Morgan fingerprint density at radius 1 is 0.371 bits per heavy atom. The van der Waals surface area contributed by atoms with Crippen LogP contribution in [-0.2, 0) is 135 Å². The Hall–Kier alpha value is -8.31. The lowest BCUT2D eigenvalue weighted by atomic mass is 9.87. The summed E-state index contributed by atoms with van der Waals surface area (Å²) in [5, 5.41) is -13.8. The fourth-order valence-corrected chi connectivity index (χ4v) is 22.8. The maximum Gasteiger partial charge on any atom is 0.369 e. The molecule has 0 radical (unpaired) electrons. The Labute approximate surface area is 771 Å². The monoisotopic (exact) mass is 1960 g/mol. The molecule has 1 saturated carbocycles. The quantitative estimate of drug-likeness (QED) is 0.0235. The maximum atomic E-state index is 14.0. The molecule has 13 unspecified atom stereocenters. The molecule has 1 aliphatic carbocycles. The lowest BCUT2D eigenvalue weighted by molar-refractivity contribution is -0.356. The summed E-state index contributed by atoms with van der Waals surface area (Å²) >= 11 is 0. The van der Waals surface area contributed by atoms with Gasteiger partial charge in [0.15, 0.2) is 110 Å². The Morgan fingerprint density at radius 2 is 0.629 bits per heavy atom. The molecule has 0 aromatic heterocycles. The number of esters is 1. The zero-order valence-corrected chi connectivity index (χ0v) is 79.9. The van der Waals surface area contributed by atoms with Crippen molar-refractivity contribution in [2.45, 2.75) is 266 Å². The molecule has 13 atom stereocenters. The van der Waals surface area contributed by atoms with Crippen LogP contribution in [-0.4, -0.2) is 136 Å². The molecule has 9 aromatic rings. The van der Waals surface area contributed by atoms with Crippen molar-refractivity contribution in [3.8, 4) is 17.2 Å². The van der Waals surface area contributed by atoms with Crippen LogP contribution in [0.25, 0.3) is 0 Å². The zero-order valence-electron chi connectivity index (χ0n) is 75.0. The summed E-state index contributed by atoms with van der Waals surface area (Å²) in [7, 11) is -19.7. The first-order chi connectivity index (χ1) is 61.0. The summed E-state index contributed by atoms with van der Waals surface area (Å²) in [6.07, 6.45) is -7.03.